The molecule has 7 aliphatic heterocycles. The summed E-state index contributed by atoms with van der Waals surface area (Å²) in [7, 11) is 2.82. The average molecular weight is 911 g/mol. The first-order valence-corrected chi connectivity index (χ1v) is 23.3. The SMILES string of the molecule is COC(=O)[C@@H]1C[C@@H](C)[C@@H](CN[C@@H](C(=O)OC)C2CCOCC2)N1.C[C@@H]1C[C@@H](C(=O)O)N2C(=O)[C@@H](C3CCOCC3)NC[C@H]12.C[C@@H]1C[C@@H](C(=O)O)N[C@@H]1CN[C@@H](C(=O)O)C1CCOCC1. The molecule has 0 saturated carbocycles. The van der Waals surface area contributed by atoms with E-state index in [1.54, 1.807) is 4.90 Å². The number of aliphatic carboxylic acids is 3. The normalized spacial score (nSPS) is 33.4. The van der Waals surface area contributed by atoms with Gasteiger partial charge in [0.05, 0.1) is 20.3 Å². The lowest BCUT2D eigenvalue weighted by molar-refractivity contribution is -0.153. The van der Waals surface area contributed by atoms with Crippen LogP contribution >= 0.6 is 0 Å². The van der Waals surface area contributed by atoms with Crippen LogP contribution in [0.1, 0.15) is 78.6 Å². The summed E-state index contributed by atoms with van der Waals surface area (Å²) >= 11 is 0. The number of rotatable bonds is 14. The van der Waals surface area contributed by atoms with Gasteiger partial charge in [0.15, 0.2) is 0 Å². The van der Waals surface area contributed by atoms with Gasteiger partial charge in [-0.05, 0) is 93.3 Å². The Morgan fingerprint density at radius 3 is 1.67 bits per heavy atom. The molecule has 0 bridgehead atoms. The van der Waals surface area contributed by atoms with Crippen molar-refractivity contribution in [1.82, 2.24) is 31.5 Å². The molecular formula is C44H74N6O14. The van der Waals surface area contributed by atoms with Crippen molar-refractivity contribution in [3.05, 3.63) is 0 Å². The fraction of sp³-hybridized carbons (Fsp3) is 0.864. The second-order valence-corrected chi connectivity index (χ2v) is 18.7. The van der Waals surface area contributed by atoms with Crippen LogP contribution in [0.25, 0.3) is 0 Å². The number of nitrogens with zero attached hydrogens (tertiary/aromatic N) is 1. The van der Waals surface area contributed by atoms with E-state index in [2.05, 4.69) is 33.5 Å². The van der Waals surface area contributed by atoms with Crippen molar-refractivity contribution in [2.24, 2.45) is 35.5 Å². The van der Waals surface area contributed by atoms with E-state index in [-0.39, 0.29) is 83.7 Å². The average Bonchev–Trinajstić information content (AvgIpc) is 3.98. The summed E-state index contributed by atoms with van der Waals surface area (Å²) in [5.41, 5.74) is 0. The summed E-state index contributed by atoms with van der Waals surface area (Å²) < 4.78 is 25.7. The van der Waals surface area contributed by atoms with Crippen LogP contribution in [0.3, 0.4) is 0 Å². The van der Waals surface area contributed by atoms with Crippen molar-refractivity contribution in [2.75, 3.05) is 73.5 Å². The van der Waals surface area contributed by atoms with Gasteiger partial charge < -0.3 is 70.5 Å². The quantitative estimate of drug-likeness (QED) is 0.107. The first-order valence-electron chi connectivity index (χ1n) is 23.3. The second-order valence-electron chi connectivity index (χ2n) is 18.7. The third kappa shape index (κ3) is 13.5. The highest BCUT2D eigenvalue weighted by molar-refractivity contribution is 5.89. The second kappa shape index (κ2) is 24.9. The standard InChI is InChI=1S/C16H28N2O5.C14H24N2O5.C14H22N2O4/c1-10-8-12(15(19)21-2)18-13(10)9-17-14(16(20)22-3)11-4-6-23-7-5-11;1-8-6-10(13(17)18)16-11(8)7-15-12(14(19)20)9-2-4-21-5-3-9;1-8-6-10(14(18)19)16-11(8)7-15-12(13(16)17)9-2-4-20-5-3-9/h10-14,17-18H,4-9H2,1-3H3;8-12,15-16H,2-7H2,1H3,(H,17,18)(H,19,20);8-12,15H,2-7H2,1H3,(H,18,19)/t10-,12+,13-,14-;2*8-,10+,11-,12-/m111/s1. The molecule has 8 N–H and O–H groups in total. The minimum atomic E-state index is -0.875. The Hall–Kier alpha value is -3.50. The predicted octanol–water partition coefficient (Wildman–Crippen LogP) is 0.0658. The molecule has 7 rings (SSSR count). The Labute approximate surface area is 376 Å². The zero-order valence-corrected chi connectivity index (χ0v) is 38.2. The number of hydrogen-bond acceptors (Lipinski definition) is 16. The number of methoxy groups -OCH3 is 2. The Kier molecular flexibility index (Phi) is 20.0. The van der Waals surface area contributed by atoms with Gasteiger partial charge >= 0.3 is 29.8 Å². The Morgan fingerprint density at radius 1 is 0.688 bits per heavy atom. The molecule has 7 aliphatic rings. The van der Waals surface area contributed by atoms with Gasteiger partial charge in [0.2, 0.25) is 5.91 Å². The van der Waals surface area contributed by atoms with Crippen LogP contribution in [0.5, 0.6) is 0 Å². The molecule has 7 heterocycles. The van der Waals surface area contributed by atoms with Crippen molar-refractivity contribution in [2.45, 2.75) is 133 Å². The monoisotopic (exact) mass is 911 g/mol. The molecular weight excluding hydrogens is 837 g/mol. The Morgan fingerprint density at radius 2 is 1.19 bits per heavy atom. The molecule has 0 radical (unpaired) electrons. The van der Waals surface area contributed by atoms with Crippen LogP contribution < -0.4 is 26.6 Å². The Balaban J connectivity index is 0.000000181. The number of ether oxygens (including phenoxy) is 5. The summed E-state index contributed by atoms with van der Waals surface area (Å²) in [5.74, 6) is -1.70. The fourth-order valence-electron chi connectivity index (χ4n) is 10.6. The number of nitrogens with one attached hydrogen (secondary N) is 5. The van der Waals surface area contributed by atoms with Crippen molar-refractivity contribution >= 4 is 35.8 Å². The third-order valence-electron chi connectivity index (χ3n) is 14.5. The van der Waals surface area contributed by atoms with Crippen molar-refractivity contribution in [1.29, 1.82) is 0 Å². The molecule has 20 nitrogen and oxygen atoms in total. The predicted molar refractivity (Wildman–Crippen MR) is 230 cm³/mol. The van der Waals surface area contributed by atoms with E-state index in [4.69, 9.17) is 28.8 Å². The van der Waals surface area contributed by atoms with E-state index < -0.39 is 36.0 Å². The first-order chi connectivity index (χ1) is 30.6. The molecule has 364 valence electrons. The maximum Gasteiger partial charge on any atom is 0.326 e. The summed E-state index contributed by atoms with van der Waals surface area (Å²) in [6, 6.07) is -2.44. The van der Waals surface area contributed by atoms with Crippen molar-refractivity contribution in [3.8, 4) is 0 Å². The topological polar surface area (TPSA) is 273 Å². The van der Waals surface area contributed by atoms with Gasteiger partial charge in [0.1, 0.15) is 30.2 Å². The highest BCUT2D eigenvalue weighted by atomic mass is 16.5. The lowest BCUT2D eigenvalue weighted by atomic mass is 9.88. The molecule has 0 aliphatic carbocycles. The number of amides is 1. The molecule has 0 unspecified atom stereocenters. The molecule has 1 amide bonds. The first kappa shape index (κ1) is 51.5. The van der Waals surface area contributed by atoms with Crippen LogP contribution in [0.15, 0.2) is 0 Å². The highest BCUT2D eigenvalue weighted by Gasteiger charge is 2.51. The molecule has 0 aromatic carbocycles. The van der Waals surface area contributed by atoms with Gasteiger partial charge in [0.25, 0.3) is 0 Å². The van der Waals surface area contributed by atoms with E-state index in [0.29, 0.717) is 78.0 Å². The summed E-state index contributed by atoms with van der Waals surface area (Å²) in [5, 5.41) is 43.9. The van der Waals surface area contributed by atoms with Gasteiger partial charge in [-0.1, -0.05) is 20.8 Å². The molecule has 64 heavy (non-hydrogen) atoms. The minimum absolute atomic E-state index is 0.00668. The zero-order chi connectivity index (χ0) is 46.5. The maximum atomic E-state index is 12.7. The summed E-state index contributed by atoms with van der Waals surface area (Å²) in [6.45, 7) is 11.9. The van der Waals surface area contributed by atoms with Crippen LogP contribution in [-0.2, 0) is 52.5 Å². The number of esters is 2. The van der Waals surface area contributed by atoms with E-state index in [1.807, 2.05) is 13.8 Å². The third-order valence-corrected chi connectivity index (χ3v) is 14.5. The van der Waals surface area contributed by atoms with E-state index in [0.717, 1.165) is 44.9 Å². The minimum Gasteiger partial charge on any atom is -0.480 e. The number of carboxylic acid groups (broad SMARTS) is 3. The molecule has 12 atom stereocenters. The van der Waals surface area contributed by atoms with Gasteiger partial charge in [-0.2, -0.15) is 0 Å². The fourth-order valence-corrected chi connectivity index (χ4v) is 10.6. The smallest absolute Gasteiger partial charge is 0.326 e. The summed E-state index contributed by atoms with van der Waals surface area (Å²) in [4.78, 5) is 71.9. The van der Waals surface area contributed by atoms with Crippen molar-refractivity contribution in [3.63, 3.8) is 0 Å². The van der Waals surface area contributed by atoms with Crippen LogP contribution in [0.4, 0.5) is 0 Å². The molecule has 0 aromatic heterocycles. The van der Waals surface area contributed by atoms with Gasteiger partial charge in [-0.15, -0.1) is 0 Å². The van der Waals surface area contributed by atoms with E-state index in [1.165, 1.54) is 14.2 Å². The number of carbonyl (C=O) groups is 6. The number of carbonyl (C=O) groups excluding carboxylic acids is 3. The maximum absolute atomic E-state index is 12.7. The molecule has 20 heteroatoms. The molecule has 0 spiro atoms. The van der Waals surface area contributed by atoms with Gasteiger partial charge in [0, 0.05) is 77.4 Å². The van der Waals surface area contributed by atoms with Crippen LogP contribution in [-0.4, -0.2) is 184 Å². The lowest BCUT2D eigenvalue weighted by Gasteiger charge is -2.42. The van der Waals surface area contributed by atoms with E-state index >= 15 is 0 Å². The van der Waals surface area contributed by atoms with Crippen LogP contribution in [0, 0.1) is 35.5 Å². The number of fused-ring (bicyclic) bond motifs is 1. The molecule has 7 fully saturated rings. The highest BCUT2D eigenvalue weighted by Crippen LogP contribution is 2.35. The van der Waals surface area contributed by atoms with Crippen LogP contribution in [0.2, 0.25) is 0 Å². The summed E-state index contributed by atoms with van der Waals surface area (Å²) in [6.07, 6.45) is 6.83. The van der Waals surface area contributed by atoms with E-state index in [9.17, 15) is 39.0 Å². The lowest BCUT2D eigenvalue weighted by Crippen LogP contribution is -2.64. The number of piperazine rings is 1. The Bertz CT molecular complexity index is 1560. The van der Waals surface area contributed by atoms with Gasteiger partial charge in [-0.3, -0.25) is 24.0 Å². The largest absolute Gasteiger partial charge is 0.480 e. The number of carboxylic acids is 3. The molecule has 7 saturated heterocycles. The molecule has 0 aromatic rings. The van der Waals surface area contributed by atoms with Gasteiger partial charge in [-0.25, -0.2) is 4.79 Å². The number of hydrogen-bond donors (Lipinski definition) is 8. The zero-order valence-electron chi connectivity index (χ0n) is 38.2. The van der Waals surface area contributed by atoms with Crippen molar-refractivity contribution < 1.29 is 67.8 Å².